The van der Waals surface area contributed by atoms with Crippen LogP contribution < -0.4 is 9.62 Å². The molecular formula is C21H27FN2O3S. The van der Waals surface area contributed by atoms with Gasteiger partial charge in [-0.05, 0) is 49.6 Å². The van der Waals surface area contributed by atoms with E-state index in [1.807, 2.05) is 38.1 Å². The number of sulfonamides is 1. The lowest BCUT2D eigenvalue weighted by molar-refractivity contribution is -0.123. The molecule has 0 bridgehead atoms. The van der Waals surface area contributed by atoms with Crippen LogP contribution in [0.4, 0.5) is 10.1 Å². The van der Waals surface area contributed by atoms with Crippen molar-refractivity contribution in [3.63, 3.8) is 0 Å². The summed E-state index contributed by atoms with van der Waals surface area (Å²) in [4.78, 5) is 13.0. The van der Waals surface area contributed by atoms with Gasteiger partial charge in [0.05, 0.1) is 18.0 Å². The molecule has 0 radical (unpaired) electrons. The van der Waals surface area contributed by atoms with Crippen LogP contribution in [0.15, 0.2) is 48.5 Å². The van der Waals surface area contributed by atoms with E-state index in [0.717, 1.165) is 21.7 Å². The molecule has 2 rings (SSSR count). The first-order valence-corrected chi connectivity index (χ1v) is 11.1. The van der Waals surface area contributed by atoms with Crippen molar-refractivity contribution < 1.29 is 17.6 Å². The van der Waals surface area contributed by atoms with Crippen molar-refractivity contribution >= 4 is 21.6 Å². The zero-order chi connectivity index (χ0) is 20.9. The summed E-state index contributed by atoms with van der Waals surface area (Å²) in [6.07, 6.45) is 1.99. The Bertz CT molecular complexity index is 896. The predicted octanol–water partition coefficient (Wildman–Crippen LogP) is 3.95. The molecule has 152 valence electrons. The van der Waals surface area contributed by atoms with Crippen LogP contribution in [0.2, 0.25) is 0 Å². The fourth-order valence-electron chi connectivity index (χ4n) is 3.14. The monoisotopic (exact) mass is 406 g/mol. The van der Waals surface area contributed by atoms with Gasteiger partial charge < -0.3 is 5.32 Å². The number of carbonyl (C=O) groups excluding carboxylic acids is 1. The topological polar surface area (TPSA) is 66.5 Å². The summed E-state index contributed by atoms with van der Waals surface area (Å²) >= 11 is 0. The van der Waals surface area contributed by atoms with Crippen LogP contribution in [0, 0.1) is 12.7 Å². The van der Waals surface area contributed by atoms with Crippen molar-refractivity contribution in [2.45, 2.75) is 45.7 Å². The second-order valence-electron chi connectivity index (χ2n) is 6.84. The van der Waals surface area contributed by atoms with Crippen molar-refractivity contribution in [2.75, 3.05) is 10.6 Å². The minimum Gasteiger partial charge on any atom is -0.347 e. The Morgan fingerprint density at radius 1 is 1.04 bits per heavy atom. The summed E-state index contributed by atoms with van der Waals surface area (Å²) < 4.78 is 39.2. The molecule has 0 saturated heterocycles. The largest absolute Gasteiger partial charge is 0.347 e. The van der Waals surface area contributed by atoms with Gasteiger partial charge in [0.1, 0.15) is 11.9 Å². The normalized spacial score (nSPS) is 13.6. The molecule has 28 heavy (non-hydrogen) atoms. The second kappa shape index (κ2) is 9.19. The highest BCUT2D eigenvalue weighted by Gasteiger charge is 2.32. The maximum absolute atomic E-state index is 13.3. The zero-order valence-corrected chi connectivity index (χ0v) is 17.5. The molecule has 0 unspecified atom stereocenters. The number of carbonyl (C=O) groups is 1. The van der Waals surface area contributed by atoms with Crippen LogP contribution in [0.1, 0.15) is 43.9 Å². The number of hydrogen-bond donors (Lipinski definition) is 1. The Balaban J connectivity index is 2.32. The Hall–Kier alpha value is -2.41. The Morgan fingerprint density at radius 2 is 1.61 bits per heavy atom. The summed E-state index contributed by atoms with van der Waals surface area (Å²) in [5.41, 5.74) is 2.34. The minimum absolute atomic E-state index is 0.225. The lowest BCUT2D eigenvalue weighted by Crippen LogP contribution is -2.50. The molecule has 0 aromatic heterocycles. The summed E-state index contributed by atoms with van der Waals surface area (Å²) in [7, 11) is -3.75. The van der Waals surface area contributed by atoms with Crippen LogP contribution in [0.25, 0.3) is 0 Å². The molecule has 0 aliphatic carbocycles. The van der Waals surface area contributed by atoms with Crippen molar-refractivity contribution in [1.29, 1.82) is 0 Å². The first-order valence-electron chi connectivity index (χ1n) is 9.29. The van der Waals surface area contributed by atoms with Gasteiger partial charge in [0.2, 0.25) is 15.9 Å². The lowest BCUT2D eigenvalue weighted by atomic mass is 10.0. The number of amides is 1. The zero-order valence-electron chi connectivity index (χ0n) is 16.6. The summed E-state index contributed by atoms with van der Waals surface area (Å²) in [6.45, 7) is 5.70. The van der Waals surface area contributed by atoms with Gasteiger partial charge in [-0.2, -0.15) is 0 Å². The molecule has 1 N–H and O–H groups in total. The number of benzene rings is 2. The average molecular weight is 407 g/mol. The Morgan fingerprint density at radius 3 is 2.07 bits per heavy atom. The molecule has 1 amide bonds. The number of nitrogens with zero attached hydrogens (tertiary/aromatic N) is 1. The van der Waals surface area contributed by atoms with E-state index in [1.165, 1.54) is 24.3 Å². The molecule has 0 heterocycles. The van der Waals surface area contributed by atoms with E-state index in [2.05, 4.69) is 5.32 Å². The van der Waals surface area contributed by atoms with Gasteiger partial charge in [-0.1, -0.05) is 43.7 Å². The maximum Gasteiger partial charge on any atom is 0.244 e. The smallest absolute Gasteiger partial charge is 0.244 e. The first kappa shape index (κ1) is 21.9. The Kier molecular flexibility index (Phi) is 7.18. The molecule has 0 aliphatic rings. The van der Waals surface area contributed by atoms with Gasteiger partial charge >= 0.3 is 0 Å². The summed E-state index contributed by atoms with van der Waals surface area (Å²) in [5, 5.41) is 2.97. The third-order valence-corrected chi connectivity index (χ3v) is 5.80. The molecule has 2 aromatic rings. The fourth-order valence-corrected chi connectivity index (χ4v) is 4.35. The van der Waals surface area contributed by atoms with Gasteiger partial charge in [0.15, 0.2) is 0 Å². The number of halogens is 1. The number of hydrogen-bond acceptors (Lipinski definition) is 3. The fraction of sp³-hybridized carbons (Fsp3) is 0.381. The standard InChI is InChI=1S/C21H27FN2O3S/c1-5-19(16-9-7-15(3)8-10-16)23-21(25)20(6-2)24(28(4,26)27)18-13-11-17(22)12-14-18/h7-14,19-20H,5-6H2,1-4H3,(H,23,25)/t19-,20+/m0/s1. The molecule has 2 aromatic carbocycles. The second-order valence-corrected chi connectivity index (χ2v) is 8.70. The van der Waals surface area contributed by atoms with Crippen LogP contribution in [0.3, 0.4) is 0 Å². The van der Waals surface area contributed by atoms with Gasteiger partial charge in [0.25, 0.3) is 0 Å². The van der Waals surface area contributed by atoms with E-state index < -0.39 is 21.9 Å². The van der Waals surface area contributed by atoms with Crippen molar-refractivity contribution in [3.05, 3.63) is 65.5 Å². The lowest BCUT2D eigenvalue weighted by Gasteiger charge is -2.31. The first-order chi connectivity index (χ1) is 13.2. The van der Waals surface area contributed by atoms with Gasteiger partial charge in [-0.25, -0.2) is 12.8 Å². The van der Waals surface area contributed by atoms with E-state index in [-0.39, 0.29) is 24.1 Å². The van der Waals surface area contributed by atoms with Crippen LogP contribution >= 0.6 is 0 Å². The number of aryl methyl sites for hydroxylation is 1. The van der Waals surface area contributed by atoms with E-state index in [4.69, 9.17) is 0 Å². The van der Waals surface area contributed by atoms with Crippen LogP contribution in [-0.2, 0) is 14.8 Å². The van der Waals surface area contributed by atoms with Crippen molar-refractivity contribution in [2.24, 2.45) is 0 Å². The summed E-state index contributed by atoms with van der Waals surface area (Å²) in [5.74, 6) is -0.857. The SMILES string of the molecule is CC[C@H](NC(=O)[C@@H](CC)N(c1ccc(F)cc1)S(C)(=O)=O)c1ccc(C)cc1. The maximum atomic E-state index is 13.3. The van der Waals surface area contributed by atoms with E-state index in [9.17, 15) is 17.6 Å². The highest BCUT2D eigenvalue weighted by atomic mass is 32.2. The van der Waals surface area contributed by atoms with Crippen LogP contribution in [0.5, 0.6) is 0 Å². The average Bonchev–Trinajstić information content (AvgIpc) is 2.64. The minimum atomic E-state index is -3.75. The molecule has 0 aliphatic heterocycles. The number of nitrogens with one attached hydrogen (secondary N) is 1. The highest BCUT2D eigenvalue weighted by Crippen LogP contribution is 2.24. The number of rotatable bonds is 8. The van der Waals surface area contributed by atoms with Crippen LogP contribution in [-0.4, -0.2) is 26.6 Å². The molecule has 7 heteroatoms. The molecular weight excluding hydrogens is 379 g/mol. The van der Waals surface area contributed by atoms with Crippen molar-refractivity contribution in [3.8, 4) is 0 Å². The third-order valence-electron chi connectivity index (χ3n) is 4.62. The van der Waals surface area contributed by atoms with Gasteiger partial charge in [-0.3, -0.25) is 9.10 Å². The van der Waals surface area contributed by atoms with E-state index in [0.29, 0.717) is 6.42 Å². The van der Waals surface area contributed by atoms with Crippen molar-refractivity contribution in [1.82, 2.24) is 5.32 Å². The molecule has 5 nitrogen and oxygen atoms in total. The van der Waals surface area contributed by atoms with E-state index >= 15 is 0 Å². The quantitative estimate of drug-likeness (QED) is 0.722. The molecule has 2 atom stereocenters. The molecule has 0 fully saturated rings. The molecule has 0 saturated carbocycles. The highest BCUT2D eigenvalue weighted by molar-refractivity contribution is 7.92. The van der Waals surface area contributed by atoms with E-state index in [1.54, 1.807) is 6.92 Å². The van der Waals surface area contributed by atoms with Gasteiger partial charge in [-0.15, -0.1) is 0 Å². The third kappa shape index (κ3) is 5.32. The summed E-state index contributed by atoms with van der Waals surface area (Å²) in [6, 6.07) is 11.8. The predicted molar refractivity (Wildman–Crippen MR) is 110 cm³/mol. The Labute approximate surface area is 166 Å². The van der Waals surface area contributed by atoms with Gasteiger partial charge in [0, 0.05) is 0 Å². The molecule has 0 spiro atoms. The number of anilines is 1.